The summed E-state index contributed by atoms with van der Waals surface area (Å²) in [5.74, 6) is -1.54. The molecule has 5 rings (SSSR count). The van der Waals surface area contributed by atoms with Gasteiger partial charge in [0.15, 0.2) is 22.9 Å². The zero-order valence-electron chi connectivity index (χ0n) is 18.8. The maximum absolute atomic E-state index is 14.1. The number of nitrogens with zero attached hydrogens (tertiary/aromatic N) is 5. The molecule has 3 aromatic heterocycles. The van der Waals surface area contributed by atoms with E-state index in [9.17, 15) is 22.4 Å². The molecule has 0 radical (unpaired) electrons. The highest BCUT2D eigenvalue weighted by atomic mass is 35.5. The number of alkyl halides is 3. The Kier molecular flexibility index (Phi) is 6.76. The van der Waals surface area contributed by atoms with E-state index in [1.54, 1.807) is 0 Å². The van der Waals surface area contributed by atoms with Crippen molar-refractivity contribution in [3.05, 3.63) is 98.6 Å². The summed E-state index contributed by atoms with van der Waals surface area (Å²) in [5, 5.41) is 10.9. The summed E-state index contributed by atoms with van der Waals surface area (Å²) in [5.41, 5.74) is -1.13. The number of benzene rings is 2. The maximum Gasteiger partial charge on any atom is 0.433 e. The second-order valence-corrected chi connectivity index (χ2v) is 9.26. The highest BCUT2D eigenvalue weighted by Crippen LogP contribution is 2.33. The number of aromatic nitrogens is 5. The molecule has 2 aromatic carbocycles. The third-order valence-electron chi connectivity index (χ3n) is 5.42. The van der Waals surface area contributed by atoms with Gasteiger partial charge in [0.05, 0.1) is 12.2 Å². The van der Waals surface area contributed by atoms with Gasteiger partial charge in [-0.05, 0) is 30.3 Å². The molecule has 0 saturated carbocycles. The highest BCUT2D eigenvalue weighted by molar-refractivity contribution is 6.33. The quantitative estimate of drug-likeness (QED) is 0.226. The van der Waals surface area contributed by atoms with Crippen molar-refractivity contribution in [3.8, 4) is 11.3 Å². The van der Waals surface area contributed by atoms with Gasteiger partial charge in [-0.3, -0.25) is 9.48 Å². The van der Waals surface area contributed by atoms with Crippen LogP contribution in [0.4, 0.5) is 23.4 Å². The van der Waals surface area contributed by atoms with Crippen molar-refractivity contribution < 1.29 is 22.4 Å². The number of hydrogen-bond donors (Lipinski definition) is 1. The van der Waals surface area contributed by atoms with E-state index in [-0.39, 0.29) is 45.0 Å². The van der Waals surface area contributed by atoms with E-state index >= 15 is 0 Å². The van der Waals surface area contributed by atoms with E-state index in [2.05, 4.69) is 20.5 Å². The Labute approximate surface area is 226 Å². The maximum atomic E-state index is 14.1. The SMILES string of the molecule is O=C(Nc1nn(Cc2c(F)cccc2Cl)cc1Cl)c1cc2nc(-c3ccc(Cl)cc3)cc(C(F)(F)F)n2n1. The van der Waals surface area contributed by atoms with Crippen molar-refractivity contribution in [2.24, 2.45) is 0 Å². The van der Waals surface area contributed by atoms with Crippen molar-refractivity contribution in [2.75, 3.05) is 5.32 Å². The standard InChI is InChI=1S/C24H13Cl3F4N6O/c25-13-6-4-12(5-7-13)18-8-20(24(29,30)31)37-21(32-18)9-19(34-37)23(38)33-22-16(27)11-36(35-22)10-14-15(26)2-1-3-17(14)28/h1-9,11H,10H2,(H,33,35,38). The topological polar surface area (TPSA) is 77.1 Å². The number of fused-ring (bicyclic) bond motifs is 1. The minimum atomic E-state index is -4.79. The number of hydrogen-bond acceptors (Lipinski definition) is 4. The van der Waals surface area contributed by atoms with E-state index in [0.717, 1.165) is 12.1 Å². The number of halogens is 7. The molecule has 3 heterocycles. The van der Waals surface area contributed by atoms with Crippen LogP contribution in [0.15, 0.2) is 60.8 Å². The third-order valence-corrected chi connectivity index (χ3v) is 6.30. The van der Waals surface area contributed by atoms with E-state index in [1.807, 2.05) is 0 Å². The second-order valence-electron chi connectivity index (χ2n) is 8.01. The summed E-state index contributed by atoms with van der Waals surface area (Å²) >= 11 is 18.1. The van der Waals surface area contributed by atoms with Crippen LogP contribution in [0.1, 0.15) is 21.7 Å². The molecular weight excluding hydrogens is 571 g/mol. The molecule has 0 aliphatic carbocycles. The van der Waals surface area contributed by atoms with Gasteiger partial charge in [0, 0.05) is 33.4 Å². The lowest BCUT2D eigenvalue weighted by molar-refractivity contribution is -0.142. The van der Waals surface area contributed by atoms with Gasteiger partial charge in [-0.2, -0.15) is 23.4 Å². The molecule has 0 unspecified atom stereocenters. The fourth-order valence-corrected chi connectivity index (χ4v) is 4.18. The van der Waals surface area contributed by atoms with E-state index < -0.39 is 23.6 Å². The summed E-state index contributed by atoms with van der Waals surface area (Å²) in [7, 11) is 0. The van der Waals surface area contributed by atoms with Crippen LogP contribution in [0.25, 0.3) is 16.9 Å². The first-order chi connectivity index (χ1) is 18.0. The molecule has 194 valence electrons. The molecule has 5 aromatic rings. The summed E-state index contributed by atoms with van der Waals surface area (Å²) < 4.78 is 57.5. The van der Waals surface area contributed by atoms with Crippen molar-refractivity contribution in [3.63, 3.8) is 0 Å². The predicted molar refractivity (Wildman–Crippen MR) is 134 cm³/mol. The molecule has 0 aliphatic heterocycles. The Morgan fingerprint density at radius 3 is 2.39 bits per heavy atom. The molecule has 1 N–H and O–H groups in total. The van der Waals surface area contributed by atoms with Crippen LogP contribution >= 0.6 is 34.8 Å². The molecule has 0 atom stereocenters. The van der Waals surface area contributed by atoms with Gasteiger partial charge in [0.1, 0.15) is 10.8 Å². The van der Waals surface area contributed by atoms with Crippen molar-refractivity contribution in [2.45, 2.75) is 12.7 Å². The first kappa shape index (κ1) is 26.0. The van der Waals surface area contributed by atoms with Crippen LogP contribution in [0.5, 0.6) is 0 Å². The normalized spacial score (nSPS) is 11.8. The highest BCUT2D eigenvalue weighted by Gasteiger charge is 2.35. The van der Waals surface area contributed by atoms with Gasteiger partial charge in [-0.1, -0.05) is 53.0 Å². The van der Waals surface area contributed by atoms with E-state index in [0.29, 0.717) is 15.1 Å². The Morgan fingerprint density at radius 1 is 0.974 bits per heavy atom. The fourth-order valence-electron chi connectivity index (χ4n) is 3.64. The Hall–Kier alpha value is -3.67. The van der Waals surface area contributed by atoms with Gasteiger partial charge >= 0.3 is 6.18 Å². The molecule has 0 saturated heterocycles. The van der Waals surface area contributed by atoms with E-state index in [4.69, 9.17) is 34.8 Å². The van der Waals surface area contributed by atoms with Gasteiger partial charge in [0.2, 0.25) is 0 Å². The van der Waals surface area contributed by atoms with Crippen molar-refractivity contribution >= 4 is 52.2 Å². The number of nitrogens with one attached hydrogen (secondary N) is 1. The monoisotopic (exact) mass is 582 g/mol. The predicted octanol–water partition coefficient (Wildman–Crippen LogP) is 7.01. The molecule has 0 spiro atoms. The Bertz CT molecular complexity index is 1660. The zero-order chi connectivity index (χ0) is 27.2. The van der Waals surface area contributed by atoms with Gasteiger partial charge in [-0.15, -0.1) is 0 Å². The minimum absolute atomic E-state index is 0.00806. The lowest BCUT2D eigenvalue weighted by Crippen LogP contribution is -2.16. The number of anilines is 1. The van der Waals surface area contributed by atoms with Gasteiger partial charge < -0.3 is 5.32 Å². The summed E-state index contributed by atoms with van der Waals surface area (Å²) in [4.78, 5) is 17.1. The number of carbonyl (C=O) groups excluding carboxylic acids is 1. The Morgan fingerprint density at radius 2 is 1.71 bits per heavy atom. The average Bonchev–Trinajstić information content (AvgIpc) is 3.44. The zero-order valence-corrected chi connectivity index (χ0v) is 21.0. The first-order valence-electron chi connectivity index (χ1n) is 10.7. The summed E-state index contributed by atoms with van der Waals surface area (Å²) in [6.45, 7) is -0.0815. The number of carbonyl (C=O) groups is 1. The smallest absolute Gasteiger partial charge is 0.302 e. The molecule has 38 heavy (non-hydrogen) atoms. The molecule has 0 bridgehead atoms. The van der Waals surface area contributed by atoms with Gasteiger partial charge in [-0.25, -0.2) is 13.9 Å². The van der Waals surface area contributed by atoms with Crippen LogP contribution < -0.4 is 5.32 Å². The van der Waals surface area contributed by atoms with Crippen molar-refractivity contribution in [1.29, 1.82) is 0 Å². The third kappa shape index (κ3) is 5.17. The molecule has 1 amide bonds. The van der Waals surface area contributed by atoms with Crippen LogP contribution in [-0.4, -0.2) is 30.3 Å². The van der Waals surface area contributed by atoms with Gasteiger partial charge in [0.25, 0.3) is 5.91 Å². The van der Waals surface area contributed by atoms with Crippen LogP contribution in [0.3, 0.4) is 0 Å². The van der Waals surface area contributed by atoms with Crippen LogP contribution in [-0.2, 0) is 12.7 Å². The number of rotatable bonds is 5. The minimum Gasteiger partial charge on any atom is -0.302 e. The summed E-state index contributed by atoms with van der Waals surface area (Å²) in [6, 6.07) is 12.2. The fraction of sp³-hybridized carbons (Fsp3) is 0.0833. The molecular formula is C24H13Cl3F4N6O. The largest absolute Gasteiger partial charge is 0.433 e. The van der Waals surface area contributed by atoms with E-state index in [1.165, 1.54) is 53.3 Å². The second kappa shape index (κ2) is 9.90. The lowest BCUT2D eigenvalue weighted by atomic mass is 10.1. The molecule has 0 aliphatic rings. The van der Waals surface area contributed by atoms with Crippen LogP contribution in [0.2, 0.25) is 15.1 Å². The number of amides is 1. The summed E-state index contributed by atoms with van der Waals surface area (Å²) in [6.07, 6.45) is -3.45. The lowest BCUT2D eigenvalue weighted by Gasteiger charge is -2.11. The first-order valence-corrected chi connectivity index (χ1v) is 11.8. The molecule has 0 fully saturated rings. The van der Waals surface area contributed by atoms with Crippen molar-refractivity contribution in [1.82, 2.24) is 24.4 Å². The molecule has 7 nitrogen and oxygen atoms in total. The average molecular weight is 584 g/mol. The Balaban J connectivity index is 1.46. The van der Waals surface area contributed by atoms with Crippen LogP contribution in [0, 0.1) is 5.82 Å². The molecule has 14 heteroatoms.